The number of para-hydroxylation sites is 2. The predicted molar refractivity (Wildman–Crippen MR) is 117 cm³/mol. The minimum atomic E-state index is -0.494. The minimum absolute atomic E-state index is 0.0126. The Labute approximate surface area is 176 Å². The molecule has 1 aromatic heterocycles. The van der Waals surface area contributed by atoms with E-state index in [0.717, 1.165) is 32.5 Å². The predicted octanol–water partition coefficient (Wildman–Crippen LogP) is 3.24. The third-order valence-electron chi connectivity index (χ3n) is 6.07. The van der Waals surface area contributed by atoms with Gasteiger partial charge in [-0.1, -0.05) is 35.9 Å². The lowest BCUT2D eigenvalue weighted by Crippen LogP contribution is -2.39. The maximum absolute atomic E-state index is 12.4. The molecule has 1 saturated heterocycles. The van der Waals surface area contributed by atoms with Crippen LogP contribution < -0.4 is 11.1 Å². The van der Waals surface area contributed by atoms with Crippen molar-refractivity contribution in [1.82, 2.24) is 14.8 Å². The molecular weight excluding hydrogens is 378 g/mol. The molecule has 1 aliphatic rings. The maximum Gasteiger partial charge on any atom is 0.420 e. The van der Waals surface area contributed by atoms with Gasteiger partial charge in [-0.25, -0.2) is 4.79 Å². The lowest BCUT2D eigenvalue weighted by atomic mass is 9.96. The van der Waals surface area contributed by atoms with Crippen molar-refractivity contribution < 1.29 is 9.21 Å². The highest BCUT2D eigenvalue weighted by Gasteiger charge is 2.21. The molecule has 0 spiro atoms. The van der Waals surface area contributed by atoms with E-state index in [1.165, 1.54) is 21.3 Å². The fraction of sp³-hybridized carbons (Fsp3) is 0.417. The molecule has 0 aliphatic carbocycles. The van der Waals surface area contributed by atoms with Crippen molar-refractivity contribution in [2.24, 2.45) is 5.92 Å². The van der Waals surface area contributed by atoms with Gasteiger partial charge in [0.25, 0.3) is 0 Å². The van der Waals surface area contributed by atoms with Gasteiger partial charge in [0.05, 0.1) is 5.52 Å². The summed E-state index contributed by atoms with van der Waals surface area (Å²) >= 11 is 0. The fourth-order valence-electron chi connectivity index (χ4n) is 4.18. The van der Waals surface area contributed by atoms with Gasteiger partial charge in [-0.05, 0) is 69.0 Å². The Balaban J connectivity index is 1.25. The number of amides is 1. The molecule has 1 aliphatic heterocycles. The monoisotopic (exact) mass is 407 g/mol. The SMILES string of the molecule is Cc1ccc(C)c(CN2CCC(CNC(=O)Cn3c(=O)oc4ccccc43)CC2)c1. The molecule has 1 fully saturated rings. The zero-order chi connectivity index (χ0) is 21.1. The number of nitrogens with one attached hydrogen (secondary N) is 1. The molecule has 1 N–H and O–H groups in total. The zero-order valence-electron chi connectivity index (χ0n) is 17.7. The van der Waals surface area contributed by atoms with Gasteiger partial charge in [0.2, 0.25) is 5.91 Å². The Kier molecular flexibility index (Phi) is 6.04. The van der Waals surface area contributed by atoms with Crippen LogP contribution in [0.2, 0.25) is 0 Å². The quantitative estimate of drug-likeness (QED) is 0.681. The summed E-state index contributed by atoms with van der Waals surface area (Å²) in [7, 11) is 0. The van der Waals surface area contributed by atoms with Crippen molar-refractivity contribution in [3.63, 3.8) is 0 Å². The molecule has 0 unspecified atom stereocenters. The standard InChI is InChI=1S/C24H29N3O3/c1-17-7-8-18(2)20(13-17)15-26-11-9-19(10-12-26)14-25-23(28)16-27-21-5-3-4-6-22(21)30-24(27)29/h3-8,13,19H,9-12,14-16H2,1-2H3,(H,25,28). The van der Waals surface area contributed by atoms with Crippen molar-refractivity contribution in [2.75, 3.05) is 19.6 Å². The number of benzene rings is 2. The molecule has 0 radical (unpaired) electrons. The van der Waals surface area contributed by atoms with Crippen molar-refractivity contribution in [2.45, 2.75) is 39.8 Å². The van der Waals surface area contributed by atoms with Crippen LogP contribution in [0.15, 0.2) is 51.7 Å². The lowest BCUT2D eigenvalue weighted by molar-refractivity contribution is -0.121. The van der Waals surface area contributed by atoms with Crippen molar-refractivity contribution in [1.29, 1.82) is 0 Å². The normalized spacial score (nSPS) is 15.5. The summed E-state index contributed by atoms with van der Waals surface area (Å²) in [6.07, 6.45) is 2.14. The van der Waals surface area contributed by atoms with Crippen molar-refractivity contribution >= 4 is 17.0 Å². The van der Waals surface area contributed by atoms with Crippen LogP contribution in [0.4, 0.5) is 0 Å². The molecule has 158 valence electrons. The van der Waals surface area contributed by atoms with Crippen LogP contribution in [0, 0.1) is 19.8 Å². The number of piperidine rings is 1. The Bertz CT molecular complexity index is 1090. The minimum Gasteiger partial charge on any atom is -0.408 e. The van der Waals surface area contributed by atoms with Crippen LogP contribution in [0.3, 0.4) is 0 Å². The molecule has 6 heteroatoms. The number of aromatic nitrogens is 1. The van der Waals surface area contributed by atoms with Crippen LogP contribution in [0.25, 0.3) is 11.1 Å². The number of hydrogen-bond acceptors (Lipinski definition) is 4. The third kappa shape index (κ3) is 4.65. The van der Waals surface area contributed by atoms with E-state index in [0.29, 0.717) is 23.6 Å². The first-order valence-electron chi connectivity index (χ1n) is 10.6. The van der Waals surface area contributed by atoms with E-state index in [-0.39, 0.29) is 12.5 Å². The summed E-state index contributed by atoms with van der Waals surface area (Å²) in [5.41, 5.74) is 5.21. The lowest BCUT2D eigenvalue weighted by Gasteiger charge is -2.32. The number of aryl methyl sites for hydroxylation is 2. The Morgan fingerprint density at radius 1 is 1.13 bits per heavy atom. The summed E-state index contributed by atoms with van der Waals surface area (Å²) in [4.78, 5) is 26.9. The highest BCUT2D eigenvalue weighted by molar-refractivity contribution is 5.79. The first kappa shape index (κ1) is 20.4. The molecular formula is C24H29N3O3. The molecule has 6 nitrogen and oxygen atoms in total. The van der Waals surface area contributed by atoms with E-state index in [1.54, 1.807) is 12.1 Å². The topological polar surface area (TPSA) is 67.5 Å². The summed E-state index contributed by atoms with van der Waals surface area (Å²) in [6, 6.07) is 13.8. The van der Waals surface area contributed by atoms with Gasteiger partial charge >= 0.3 is 5.76 Å². The van der Waals surface area contributed by atoms with Gasteiger partial charge in [-0.3, -0.25) is 14.3 Å². The smallest absolute Gasteiger partial charge is 0.408 e. The van der Waals surface area contributed by atoms with Crippen molar-refractivity contribution in [3.05, 3.63) is 69.7 Å². The van der Waals surface area contributed by atoms with Crippen LogP contribution in [0.1, 0.15) is 29.5 Å². The van der Waals surface area contributed by atoms with E-state index >= 15 is 0 Å². The molecule has 2 aromatic carbocycles. The summed E-state index contributed by atoms with van der Waals surface area (Å²) in [6.45, 7) is 8.02. The van der Waals surface area contributed by atoms with Crippen LogP contribution in [-0.2, 0) is 17.9 Å². The number of rotatable bonds is 6. The molecule has 4 rings (SSSR count). The maximum atomic E-state index is 12.4. The van der Waals surface area contributed by atoms with Gasteiger partial charge in [0.1, 0.15) is 6.54 Å². The van der Waals surface area contributed by atoms with Crippen LogP contribution in [-0.4, -0.2) is 35.0 Å². The Morgan fingerprint density at radius 3 is 2.70 bits per heavy atom. The van der Waals surface area contributed by atoms with Crippen LogP contribution in [0.5, 0.6) is 0 Å². The summed E-state index contributed by atoms with van der Waals surface area (Å²) in [5.74, 6) is -0.172. The Hall–Kier alpha value is -2.86. The van der Waals surface area contributed by atoms with E-state index < -0.39 is 5.76 Å². The van der Waals surface area contributed by atoms with E-state index in [1.807, 2.05) is 12.1 Å². The molecule has 30 heavy (non-hydrogen) atoms. The third-order valence-corrected chi connectivity index (χ3v) is 6.07. The number of carbonyl (C=O) groups is 1. The van der Waals surface area contributed by atoms with Gasteiger partial charge in [-0.2, -0.15) is 0 Å². The van der Waals surface area contributed by atoms with E-state index in [4.69, 9.17) is 4.42 Å². The molecule has 1 amide bonds. The number of hydrogen-bond donors (Lipinski definition) is 1. The average molecular weight is 408 g/mol. The number of likely N-dealkylation sites (tertiary alicyclic amines) is 1. The highest BCUT2D eigenvalue weighted by Crippen LogP contribution is 2.20. The zero-order valence-corrected chi connectivity index (χ0v) is 17.7. The number of fused-ring (bicyclic) bond motifs is 1. The molecule has 0 saturated carbocycles. The summed E-state index contributed by atoms with van der Waals surface area (Å²) < 4.78 is 6.58. The fourth-order valence-corrected chi connectivity index (χ4v) is 4.18. The van der Waals surface area contributed by atoms with Crippen LogP contribution >= 0.6 is 0 Å². The van der Waals surface area contributed by atoms with E-state index in [9.17, 15) is 9.59 Å². The highest BCUT2D eigenvalue weighted by atomic mass is 16.4. The second-order valence-electron chi connectivity index (χ2n) is 8.38. The summed E-state index contributed by atoms with van der Waals surface area (Å²) in [5, 5.41) is 3.00. The van der Waals surface area contributed by atoms with Gasteiger partial charge < -0.3 is 9.73 Å². The van der Waals surface area contributed by atoms with Crippen molar-refractivity contribution in [3.8, 4) is 0 Å². The van der Waals surface area contributed by atoms with E-state index in [2.05, 4.69) is 42.3 Å². The van der Waals surface area contributed by atoms with Gasteiger partial charge in [0.15, 0.2) is 5.58 Å². The number of oxazole rings is 1. The molecule has 2 heterocycles. The molecule has 3 aromatic rings. The first-order valence-corrected chi connectivity index (χ1v) is 10.6. The number of carbonyl (C=O) groups excluding carboxylic acids is 1. The second-order valence-corrected chi connectivity index (χ2v) is 8.38. The van der Waals surface area contributed by atoms with Gasteiger partial charge in [-0.15, -0.1) is 0 Å². The first-order chi connectivity index (χ1) is 14.5. The number of nitrogens with zero attached hydrogens (tertiary/aromatic N) is 2. The largest absolute Gasteiger partial charge is 0.420 e. The molecule has 0 bridgehead atoms. The molecule has 0 atom stereocenters. The Morgan fingerprint density at radius 2 is 1.90 bits per heavy atom. The second kappa shape index (κ2) is 8.88. The van der Waals surface area contributed by atoms with Gasteiger partial charge in [0, 0.05) is 13.1 Å². The average Bonchev–Trinajstić information content (AvgIpc) is 3.05.